The molecule has 2 aliphatic rings. The molecule has 1 N–H and O–H groups in total. The molecule has 1 aromatic rings. The molecule has 5 nitrogen and oxygen atoms in total. The van der Waals surface area contributed by atoms with Crippen LogP contribution in [0.4, 0.5) is 5.69 Å². The Morgan fingerprint density at radius 3 is 2.88 bits per heavy atom. The van der Waals surface area contributed by atoms with Crippen LogP contribution in [0.1, 0.15) is 33.1 Å². The number of halogens is 1. The Morgan fingerprint density at radius 1 is 1.35 bits per heavy atom. The van der Waals surface area contributed by atoms with E-state index in [4.69, 9.17) is 11.6 Å². The quantitative estimate of drug-likeness (QED) is 0.848. The molecule has 0 saturated heterocycles. The second-order valence-corrected chi connectivity index (χ2v) is 8.36. The van der Waals surface area contributed by atoms with E-state index in [9.17, 15) is 9.59 Å². The van der Waals surface area contributed by atoms with Crippen LogP contribution in [-0.4, -0.2) is 35.3 Å². The number of anilines is 1. The second-order valence-electron chi connectivity index (χ2n) is 7.01. The number of carbonyl (C=O) groups excluding carboxylic acids is 2. The summed E-state index contributed by atoms with van der Waals surface area (Å²) < 4.78 is 0. The van der Waals surface area contributed by atoms with Crippen LogP contribution in [0.5, 0.6) is 0 Å². The number of hydrogen-bond donors (Lipinski definition) is 1. The maximum absolute atomic E-state index is 12.4. The average molecular weight is 394 g/mol. The van der Waals surface area contributed by atoms with Gasteiger partial charge >= 0.3 is 0 Å². The first kappa shape index (κ1) is 19.2. The standard InChI is InChI=1S/C19H24ClN3O2S/c1-12-6-5-8-15(13(12)2)22-17(24)11-26-19-21-10-18(25)23(19)16-9-4-3-7-14(16)20/h3-4,7,9,12-13,15H,5-6,8,10-11H2,1-2H3,(H,22,24)/t12-,13-,15+/m1/s1. The minimum atomic E-state index is -0.129. The number of thioether (sulfide) groups is 1. The molecule has 140 valence electrons. The summed E-state index contributed by atoms with van der Waals surface area (Å²) in [5, 5.41) is 4.18. The molecular weight excluding hydrogens is 370 g/mol. The van der Waals surface area contributed by atoms with E-state index >= 15 is 0 Å². The van der Waals surface area contributed by atoms with Gasteiger partial charge in [0.2, 0.25) is 5.91 Å². The van der Waals surface area contributed by atoms with Gasteiger partial charge in [-0.2, -0.15) is 0 Å². The topological polar surface area (TPSA) is 61.8 Å². The molecule has 2 amide bonds. The van der Waals surface area contributed by atoms with E-state index in [1.165, 1.54) is 23.1 Å². The van der Waals surface area contributed by atoms with E-state index in [1.54, 1.807) is 12.1 Å². The summed E-state index contributed by atoms with van der Waals surface area (Å²) in [6.07, 6.45) is 3.42. The molecule has 0 spiro atoms. The van der Waals surface area contributed by atoms with Crippen molar-refractivity contribution >= 4 is 46.0 Å². The van der Waals surface area contributed by atoms with Crippen molar-refractivity contribution in [2.45, 2.75) is 39.2 Å². The van der Waals surface area contributed by atoms with Crippen LogP contribution >= 0.6 is 23.4 Å². The highest BCUT2D eigenvalue weighted by atomic mass is 35.5. The average Bonchev–Trinajstić information content (AvgIpc) is 2.98. The van der Waals surface area contributed by atoms with Gasteiger partial charge in [-0.1, -0.05) is 62.2 Å². The highest BCUT2D eigenvalue weighted by Crippen LogP contribution is 2.31. The lowest BCUT2D eigenvalue weighted by atomic mass is 9.78. The lowest BCUT2D eigenvalue weighted by molar-refractivity contribution is -0.120. The van der Waals surface area contributed by atoms with Crippen molar-refractivity contribution in [2.24, 2.45) is 16.8 Å². The fraction of sp³-hybridized carbons (Fsp3) is 0.526. The molecule has 3 rings (SSSR count). The molecule has 0 radical (unpaired) electrons. The third kappa shape index (κ3) is 4.23. The Kier molecular flexibility index (Phi) is 6.24. The van der Waals surface area contributed by atoms with Crippen LogP contribution in [-0.2, 0) is 9.59 Å². The Labute approximate surface area is 163 Å². The van der Waals surface area contributed by atoms with Gasteiger partial charge in [0.25, 0.3) is 5.91 Å². The molecule has 1 aromatic carbocycles. The number of rotatable bonds is 4. The summed E-state index contributed by atoms with van der Waals surface area (Å²) in [6, 6.07) is 7.40. The van der Waals surface area contributed by atoms with Gasteiger partial charge in [-0.05, 0) is 30.4 Å². The van der Waals surface area contributed by atoms with E-state index < -0.39 is 0 Å². The molecular formula is C19H24ClN3O2S. The SMILES string of the molecule is C[C@@H]1[C@H](C)CCC[C@@H]1NC(=O)CSC1=NCC(=O)N1c1ccccc1Cl. The lowest BCUT2D eigenvalue weighted by Gasteiger charge is -2.34. The van der Waals surface area contributed by atoms with E-state index in [1.807, 2.05) is 12.1 Å². The van der Waals surface area contributed by atoms with Crippen molar-refractivity contribution in [1.82, 2.24) is 5.32 Å². The predicted octanol–water partition coefficient (Wildman–Crippen LogP) is 3.72. The Bertz CT molecular complexity index is 724. The number of para-hydroxylation sites is 1. The first-order chi connectivity index (χ1) is 12.5. The summed E-state index contributed by atoms with van der Waals surface area (Å²) in [5.41, 5.74) is 0.609. The van der Waals surface area contributed by atoms with Gasteiger partial charge in [0.1, 0.15) is 6.54 Å². The zero-order valence-electron chi connectivity index (χ0n) is 15.1. The van der Waals surface area contributed by atoms with Crippen molar-refractivity contribution in [3.8, 4) is 0 Å². The highest BCUT2D eigenvalue weighted by molar-refractivity contribution is 8.14. The summed E-state index contributed by atoms with van der Waals surface area (Å²) in [7, 11) is 0. The smallest absolute Gasteiger partial charge is 0.254 e. The maximum Gasteiger partial charge on any atom is 0.254 e. The number of hydrogen-bond acceptors (Lipinski definition) is 4. The van der Waals surface area contributed by atoms with E-state index in [2.05, 4.69) is 24.2 Å². The molecule has 1 heterocycles. The Hall–Kier alpha value is -1.53. The molecule has 1 fully saturated rings. The summed E-state index contributed by atoms with van der Waals surface area (Å²) in [5.74, 6) is 1.22. The van der Waals surface area contributed by atoms with Crippen molar-refractivity contribution in [2.75, 3.05) is 17.2 Å². The van der Waals surface area contributed by atoms with E-state index in [-0.39, 0.29) is 30.2 Å². The summed E-state index contributed by atoms with van der Waals surface area (Å²) >= 11 is 7.50. The molecule has 0 unspecified atom stereocenters. The maximum atomic E-state index is 12.4. The highest BCUT2D eigenvalue weighted by Gasteiger charge is 2.31. The number of amidine groups is 1. The van der Waals surface area contributed by atoms with Crippen molar-refractivity contribution in [3.63, 3.8) is 0 Å². The minimum Gasteiger partial charge on any atom is -0.352 e. The third-order valence-corrected chi connectivity index (χ3v) is 6.57. The monoisotopic (exact) mass is 393 g/mol. The zero-order chi connectivity index (χ0) is 18.7. The number of benzene rings is 1. The molecule has 0 bridgehead atoms. The van der Waals surface area contributed by atoms with Crippen LogP contribution in [0.2, 0.25) is 5.02 Å². The van der Waals surface area contributed by atoms with Crippen molar-refractivity contribution in [1.29, 1.82) is 0 Å². The van der Waals surface area contributed by atoms with Gasteiger partial charge in [0.05, 0.1) is 16.5 Å². The number of aliphatic imine (C=N–C) groups is 1. The molecule has 26 heavy (non-hydrogen) atoms. The van der Waals surface area contributed by atoms with Crippen LogP contribution in [0.25, 0.3) is 0 Å². The van der Waals surface area contributed by atoms with Gasteiger partial charge in [-0.15, -0.1) is 0 Å². The predicted molar refractivity (Wildman–Crippen MR) is 108 cm³/mol. The van der Waals surface area contributed by atoms with Gasteiger partial charge in [-0.3, -0.25) is 19.5 Å². The normalized spacial score (nSPS) is 26.0. The number of nitrogens with zero attached hydrogens (tertiary/aromatic N) is 2. The number of carbonyl (C=O) groups is 2. The van der Waals surface area contributed by atoms with Crippen molar-refractivity contribution < 1.29 is 9.59 Å². The molecule has 3 atom stereocenters. The van der Waals surface area contributed by atoms with Crippen LogP contribution in [0, 0.1) is 11.8 Å². The molecule has 1 aliphatic carbocycles. The fourth-order valence-corrected chi connectivity index (χ4v) is 4.58. The molecule has 1 aliphatic heterocycles. The number of amides is 2. The lowest BCUT2D eigenvalue weighted by Crippen LogP contribution is -2.44. The summed E-state index contributed by atoms with van der Waals surface area (Å²) in [6.45, 7) is 4.55. The fourth-order valence-electron chi connectivity index (χ4n) is 3.53. The van der Waals surface area contributed by atoms with E-state index in [0.29, 0.717) is 27.7 Å². The summed E-state index contributed by atoms with van der Waals surface area (Å²) in [4.78, 5) is 30.4. The minimum absolute atomic E-state index is 0.0119. The first-order valence-corrected chi connectivity index (χ1v) is 10.4. The largest absolute Gasteiger partial charge is 0.352 e. The molecule has 7 heteroatoms. The van der Waals surface area contributed by atoms with E-state index in [0.717, 1.165) is 12.8 Å². The third-order valence-electron chi connectivity index (χ3n) is 5.27. The van der Waals surface area contributed by atoms with Crippen LogP contribution < -0.4 is 10.2 Å². The number of nitrogens with one attached hydrogen (secondary N) is 1. The van der Waals surface area contributed by atoms with Gasteiger partial charge < -0.3 is 5.32 Å². The van der Waals surface area contributed by atoms with Crippen molar-refractivity contribution in [3.05, 3.63) is 29.3 Å². The molecule has 0 aromatic heterocycles. The van der Waals surface area contributed by atoms with Crippen LogP contribution in [0.3, 0.4) is 0 Å². The van der Waals surface area contributed by atoms with Gasteiger partial charge in [0.15, 0.2) is 5.17 Å². The Morgan fingerprint density at radius 2 is 2.12 bits per heavy atom. The van der Waals surface area contributed by atoms with Gasteiger partial charge in [-0.25, -0.2) is 0 Å². The Balaban J connectivity index is 1.59. The first-order valence-electron chi connectivity index (χ1n) is 9.01. The second kappa shape index (κ2) is 8.44. The van der Waals surface area contributed by atoms with Gasteiger partial charge in [0, 0.05) is 6.04 Å². The van der Waals surface area contributed by atoms with Crippen LogP contribution in [0.15, 0.2) is 29.3 Å². The zero-order valence-corrected chi connectivity index (χ0v) is 16.6. The molecule has 1 saturated carbocycles.